The molecule has 28 heavy (non-hydrogen) atoms. The van der Waals surface area contributed by atoms with Crippen LogP contribution in [0.5, 0.6) is 5.75 Å². The highest BCUT2D eigenvalue weighted by Gasteiger charge is 2.15. The molecule has 0 heterocycles. The van der Waals surface area contributed by atoms with Gasteiger partial charge in [0.15, 0.2) is 19.0 Å². The minimum absolute atomic E-state index is 0.0910. The zero-order valence-corrected chi connectivity index (χ0v) is 15.3. The average molecular weight is 391 g/mol. The van der Waals surface area contributed by atoms with Crippen LogP contribution in [0.25, 0.3) is 0 Å². The Balaban J connectivity index is 1.75. The van der Waals surface area contributed by atoms with Crippen molar-refractivity contribution in [3.8, 4) is 5.75 Å². The summed E-state index contributed by atoms with van der Waals surface area (Å²) in [5.74, 6) is -2.64. The zero-order chi connectivity index (χ0) is 20.7. The van der Waals surface area contributed by atoms with Crippen molar-refractivity contribution < 1.29 is 32.6 Å². The average Bonchev–Trinajstić information content (AvgIpc) is 2.64. The zero-order valence-electron chi connectivity index (χ0n) is 15.3. The number of carbonyl (C=O) groups is 3. The molecule has 0 aliphatic heterocycles. The van der Waals surface area contributed by atoms with Gasteiger partial charge < -0.3 is 14.8 Å². The number of amides is 1. The maximum Gasteiger partial charge on any atom is 0.344 e. The summed E-state index contributed by atoms with van der Waals surface area (Å²) >= 11 is 0. The molecule has 0 spiro atoms. The van der Waals surface area contributed by atoms with E-state index < -0.39 is 42.8 Å². The molecule has 0 aromatic heterocycles. The van der Waals surface area contributed by atoms with Gasteiger partial charge in [0.2, 0.25) is 0 Å². The fourth-order valence-corrected chi connectivity index (χ4v) is 2.33. The maximum atomic E-state index is 13.7. The molecule has 2 aromatic rings. The number of hydrogen-bond donors (Lipinski definition) is 1. The molecule has 2 aromatic carbocycles. The van der Waals surface area contributed by atoms with Crippen molar-refractivity contribution in [2.45, 2.75) is 19.9 Å². The van der Waals surface area contributed by atoms with Gasteiger partial charge in [-0.15, -0.1) is 0 Å². The first-order valence-electron chi connectivity index (χ1n) is 8.40. The van der Waals surface area contributed by atoms with Crippen molar-refractivity contribution in [2.75, 3.05) is 13.2 Å². The molecule has 0 saturated carbocycles. The van der Waals surface area contributed by atoms with Crippen molar-refractivity contribution in [1.82, 2.24) is 5.32 Å². The number of ether oxygens (including phenoxy) is 2. The summed E-state index contributed by atoms with van der Waals surface area (Å²) in [5, 5.41) is 2.45. The molecule has 0 fully saturated rings. The lowest BCUT2D eigenvalue weighted by molar-refractivity contribution is -0.150. The number of Topliss-reactive ketones (excluding diaryl/α,β-unsaturated/α-hetero) is 1. The topological polar surface area (TPSA) is 81.7 Å². The van der Waals surface area contributed by atoms with Gasteiger partial charge in [0, 0.05) is 17.2 Å². The molecule has 0 saturated heterocycles. The number of carbonyl (C=O) groups excluding carboxylic acids is 3. The summed E-state index contributed by atoms with van der Waals surface area (Å²) in [7, 11) is 0. The third kappa shape index (κ3) is 6.15. The predicted octanol–water partition coefficient (Wildman–Crippen LogP) is 2.97. The van der Waals surface area contributed by atoms with E-state index in [2.05, 4.69) is 5.32 Å². The molecular weight excluding hydrogens is 372 g/mol. The third-order valence-corrected chi connectivity index (χ3v) is 3.79. The Morgan fingerprint density at radius 1 is 1.04 bits per heavy atom. The minimum Gasteiger partial charge on any atom is -0.482 e. The van der Waals surface area contributed by atoms with Gasteiger partial charge in [-0.3, -0.25) is 9.59 Å². The second kappa shape index (κ2) is 9.59. The van der Waals surface area contributed by atoms with Crippen molar-refractivity contribution in [3.05, 3.63) is 65.2 Å². The van der Waals surface area contributed by atoms with Crippen LogP contribution in [0.4, 0.5) is 8.78 Å². The molecule has 0 unspecified atom stereocenters. The van der Waals surface area contributed by atoms with Gasteiger partial charge in [-0.1, -0.05) is 6.07 Å². The number of nitrogens with one attached hydrogen (secondary N) is 1. The van der Waals surface area contributed by atoms with Crippen LogP contribution in [-0.4, -0.2) is 30.9 Å². The van der Waals surface area contributed by atoms with Gasteiger partial charge in [0.25, 0.3) is 5.91 Å². The Morgan fingerprint density at radius 3 is 2.32 bits per heavy atom. The van der Waals surface area contributed by atoms with Gasteiger partial charge >= 0.3 is 5.97 Å². The number of rotatable bonds is 8. The maximum absolute atomic E-state index is 13.7. The molecule has 8 heteroatoms. The lowest BCUT2D eigenvalue weighted by atomic mass is 10.1. The summed E-state index contributed by atoms with van der Waals surface area (Å²) in [4.78, 5) is 34.7. The Kier molecular flexibility index (Phi) is 7.20. The van der Waals surface area contributed by atoms with Gasteiger partial charge in [-0.25, -0.2) is 13.6 Å². The fraction of sp³-hybridized carbons (Fsp3) is 0.250. The van der Waals surface area contributed by atoms with E-state index in [0.29, 0.717) is 11.3 Å². The quantitative estimate of drug-likeness (QED) is 0.553. The van der Waals surface area contributed by atoms with Crippen LogP contribution in [0.3, 0.4) is 0 Å². The van der Waals surface area contributed by atoms with Gasteiger partial charge in [0.05, 0.1) is 6.04 Å². The lowest BCUT2D eigenvalue weighted by Gasteiger charge is -2.15. The summed E-state index contributed by atoms with van der Waals surface area (Å²) in [5.41, 5.74) is 0.622. The molecule has 0 aliphatic carbocycles. The molecule has 1 amide bonds. The second-order valence-corrected chi connectivity index (χ2v) is 5.98. The molecule has 0 radical (unpaired) electrons. The molecular formula is C20H19F2NO5. The van der Waals surface area contributed by atoms with Crippen molar-refractivity contribution in [3.63, 3.8) is 0 Å². The van der Waals surface area contributed by atoms with Crippen LogP contribution in [0.1, 0.15) is 35.8 Å². The molecule has 1 atom stereocenters. The van der Waals surface area contributed by atoms with Gasteiger partial charge in [0.1, 0.15) is 17.4 Å². The molecule has 2 rings (SSSR count). The van der Waals surface area contributed by atoms with Crippen LogP contribution >= 0.6 is 0 Å². The molecule has 1 N–H and O–H groups in total. The van der Waals surface area contributed by atoms with E-state index >= 15 is 0 Å². The first-order valence-corrected chi connectivity index (χ1v) is 8.40. The molecule has 148 valence electrons. The largest absolute Gasteiger partial charge is 0.482 e. The lowest BCUT2D eigenvalue weighted by Crippen LogP contribution is -2.32. The Labute approximate surface area is 160 Å². The Bertz CT molecular complexity index is 867. The van der Waals surface area contributed by atoms with Crippen LogP contribution in [-0.2, 0) is 14.3 Å². The smallest absolute Gasteiger partial charge is 0.344 e. The van der Waals surface area contributed by atoms with E-state index in [1.165, 1.54) is 32.0 Å². The summed E-state index contributed by atoms with van der Waals surface area (Å²) in [6, 6.07) is 8.50. The van der Waals surface area contributed by atoms with E-state index in [1.807, 2.05) is 0 Å². The first-order chi connectivity index (χ1) is 13.3. The minimum atomic E-state index is -0.783. The van der Waals surface area contributed by atoms with Gasteiger partial charge in [-0.05, 0) is 44.2 Å². The van der Waals surface area contributed by atoms with E-state index in [1.54, 1.807) is 12.1 Å². The monoisotopic (exact) mass is 391 g/mol. The summed E-state index contributed by atoms with van der Waals surface area (Å²) in [6.45, 7) is 1.96. The summed E-state index contributed by atoms with van der Waals surface area (Å²) < 4.78 is 36.6. The number of esters is 1. The SMILES string of the molecule is CC(=O)c1ccc(OCC(=O)OCC(=O)N[C@@H](C)c2ccc(F)cc2F)cc1. The molecule has 0 aliphatic rings. The Morgan fingerprint density at radius 2 is 1.71 bits per heavy atom. The number of hydrogen-bond acceptors (Lipinski definition) is 5. The third-order valence-electron chi connectivity index (χ3n) is 3.79. The van der Waals surface area contributed by atoms with Gasteiger partial charge in [-0.2, -0.15) is 0 Å². The highest BCUT2D eigenvalue weighted by molar-refractivity contribution is 5.94. The highest BCUT2D eigenvalue weighted by Crippen LogP contribution is 2.17. The molecule has 0 bridgehead atoms. The van der Waals surface area contributed by atoms with Crippen molar-refractivity contribution in [1.29, 1.82) is 0 Å². The predicted molar refractivity (Wildman–Crippen MR) is 95.8 cm³/mol. The van der Waals surface area contributed by atoms with E-state index in [4.69, 9.17) is 9.47 Å². The Hall–Kier alpha value is -3.29. The number of benzene rings is 2. The standard InChI is InChI=1S/C20H19F2NO5/c1-12(17-8-5-15(21)9-18(17)22)23-19(25)10-28-20(26)11-27-16-6-3-14(4-7-16)13(2)24/h3-9,12H,10-11H2,1-2H3,(H,23,25)/t12-/m0/s1. The van der Waals surface area contributed by atoms with E-state index in [9.17, 15) is 23.2 Å². The van der Waals surface area contributed by atoms with E-state index in [-0.39, 0.29) is 11.3 Å². The van der Waals surface area contributed by atoms with Crippen LogP contribution in [0.15, 0.2) is 42.5 Å². The van der Waals surface area contributed by atoms with Crippen molar-refractivity contribution >= 4 is 17.7 Å². The van der Waals surface area contributed by atoms with Crippen LogP contribution < -0.4 is 10.1 Å². The number of ketones is 1. The highest BCUT2D eigenvalue weighted by atomic mass is 19.1. The molecule has 6 nitrogen and oxygen atoms in total. The number of halogens is 2. The van der Waals surface area contributed by atoms with Crippen LogP contribution in [0.2, 0.25) is 0 Å². The van der Waals surface area contributed by atoms with Crippen LogP contribution in [0, 0.1) is 11.6 Å². The van der Waals surface area contributed by atoms with Crippen molar-refractivity contribution in [2.24, 2.45) is 0 Å². The van der Waals surface area contributed by atoms with E-state index in [0.717, 1.165) is 12.1 Å². The summed E-state index contributed by atoms with van der Waals surface area (Å²) in [6.07, 6.45) is 0. The fourth-order valence-electron chi connectivity index (χ4n) is 2.33. The first kappa shape index (κ1) is 21.0. The second-order valence-electron chi connectivity index (χ2n) is 5.98. The normalized spacial score (nSPS) is 11.4.